The van der Waals surface area contributed by atoms with E-state index in [1.165, 1.54) is 0 Å². The van der Waals surface area contributed by atoms with Crippen molar-refractivity contribution < 1.29 is 29.6 Å². The number of carbonyl (C=O) groups is 2. The van der Waals surface area contributed by atoms with Crippen LogP contribution in [0.2, 0.25) is 0 Å². The van der Waals surface area contributed by atoms with E-state index in [1.807, 2.05) is 0 Å². The minimum atomic E-state index is -2.90. The smallest absolute Gasteiger partial charge is 0.349 e. The molecule has 8 heteroatoms. The average Bonchev–Trinajstić information content (AvgIpc) is 2.42. The summed E-state index contributed by atoms with van der Waals surface area (Å²) in [6.07, 6.45) is -0.660. The summed E-state index contributed by atoms with van der Waals surface area (Å²) >= 11 is 0. The Morgan fingerprint density at radius 2 is 1.77 bits per heavy atom. The third-order valence-electron chi connectivity index (χ3n) is 3.05. The highest BCUT2D eigenvalue weighted by Gasteiger charge is 2.53. The summed E-state index contributed by atoms with van der Waals surface area (Å²) in [6.45, 7) is 4.07. The van der Waals surface area contributed by atoms with Gasteiger partial charge in [-0.1, -0.05) is 6.42 Å². The van der Waals surface area contributed by atoms with Crippen LogP contribution in [0.15, 0.2) is 0 Å². The molecule has 0 rings (SSSR count). The van der Waals surface area contributed by atoms with Crippen molar-refractivity contribution in [3.63, 3.8) is 0 Å². The Kier molecular flexibility index (Phi) is 8.13. The van der Waals surface area contributed by atoms with Gasteiger partial charge in [-0.3, -0.25) is 4.79 Å². The van der Waals surface area contributed by atoms with Gasteiger partial charge in [0, 0.05) is 0 Å². The normalized spacial score (nSPS) is 17.5. The van der Waals surface area contributed by atoms with Crippen LogP contribution < -0.4 is 11.5 Å². The van der Waals surface area contributed by atoms with Crippen LogP contribution in [-0.4, -0.2) is 63.6 Å². The van der Waals surface area contributed by atoms with Crippen molar-refractivity contribution in [2.45, 2.75) is 63.4 Å². The van der Waals surface area contributed by atoms with E-state index in [0.29, 0.717) is 19.4 Å². The summed E-state index contributed by atoms with van der Waals surface area (Å²) in [7, 11) is 0. The van der Waals surface area contributed by atoms with Crippen molar-refractivity contribution in [1.82, 2.24) is 0 Å². The second-order valence-corrected chi connectivity index (χ2v) is 6.22. The van der Waals surface area contributed by atoms with Crippen LogP contribution in [0.4, 0.5) is 0 Å². The molecular formula is C14H28N2O6. The molecule has 7 N–H and O–H groups in total. The van der Waals surface area contributed by atoms with Crippen LogP contribution in [0.1, 0.15) is 40.0 Å². The molecule has 0 saturated carbocycles. The number of hydrogen-bond donors (Lipinski definition) is 5. The van der Waals surface area contributed by atoms with Gasteiger partial charge in [-0.05, 0) is 40.2 Å². The highest BCUT2D eigenvalue weighted by molar-refractivity contribution is 6.10. The van der Waals surface area contributed by atoms with Crippen molar-refractivity contribution in [3.05, 3.63) is 0 Å². The molecule has 0 amide bonds. The maximum atomic E-state index is 12.3. The van der Waals surface area contributed by atoms with Crippen molar-refractivity contribution in [3.8, 4) is 0 Å². The number of aliphatic hydroxyl groups excluding tert-OH is 2. The monoisotopic (exact) mass is 320 g/mol. The standard InChI is InChI=1S/C14H28N2O6/c1-13(2,3)22-12(20)14(21,10(18)8-17)11(19)9(16)6-4-5-7-15/h9-10,17-18,21H,4-8,15-16H2,1-3H3/t9-,10?,14?/m0/s1. The number of carbonyl (C=O) groups excluding carboxylic acids is 2. The number of rotatable bonds is 9. The minimum absolute atomic E-state index is 0.194. The Morgan fingerprint density at radius 3 is 2.18 bits per heavy atom. The van der Waals surface area contributed by atoms with Crippen LogP contribution >= 0.6 is 0 Å². The second kappa shape index (κ2) is 8.54. The molecule has 0 aliphatic heterocycles. The quantitative estimate of drug-likeness (QED) is 0.194. The van der Waals surface area contributed by atoms with Crippen molar-refractivity contribution >= 4 is 11.8 Å². The lowest BCUT2D eigenvalue weighted by Gasteiger charge is -2.33. The number of aliphatic hydroxyl groups is 3. The number of ether oxygens (including phenoxy) is 1. The first-order chi connectivity index (χ1) is 10.0. The van der Waals surface area contributed by atoms with E-state index in [1.54, 1.807) is 20.8 Å². The van der Waals surface area contributed by atoms with E-state index in [9.17, 15) is 19.8 Å². The lowest BCUT2D eigenvalue weighted by molar-refractivity contribution is -0.194. The molecule has 0 spiro atoms. The molecule has 0 aromatic rings. The Hall–Kier alpha value is -1.06. The Balaban J connectivity index is 5.25. The lowest BCUT2D eigenvalue weighted by Crippen LogP contribution is -2.63. The maximum absolute atomic E-state index is 12.3. The molecule has 8 nitrogen and oxygen atoms in total. The van der Waals surface area contributed by atoms with E-state index < -0.39 is 41.7 Å². The van der Waals surface area contributed by atoms with Gasteiger partial charge in [0.15, 0.2) is 5.78 Å². The molecule has 0 bridgehead atoms. The van der Waals surface area contributed by atoms with E-state index in [4.69, 9.17) is 21.3 Å². The van der Waals surface area contributed by atoms with E-state index in [-0.39, 0.29) is 6.42 Å². The summed E-state index contributed by atoms with van der Waals surface area (Å²) in [5.74, 6) is -2.42. The summed E-state index contributed by atoms with van der Waals surface area (Å²) in [6, 6.07) is -1.18. The SMILES string of the molecule is CC(C)(C)OC(=O)C(O)(C(=O)[C@@H](N)CCCCN)C(O)CO. The molecule has 0 radical (unpaired) electrons. The fourth-order valence-corrected chi connectivity index (χ4v) is 1.81. The van der Waals surface area contributed by atoms with Crippen molar-refractivity contribution in [1.29, 1.82) is 0 Å². The van der Waals surface area contributed by atoms with Gasteiger partial charge in [0.05, 0.1) is 12.6 Å². The molecule has 0 heterocycles. The van der Waals surface area contributed by atoms with Crippen LogP contribution in [-0.2, 0) is 14.3 Å². The van der Waals surface area contributed by atoms with Crippen molar-refractivity contribution in [2.75, 3.05) is 13.2 Å². The first kappa shape index (κ1) is 20.9. The number of unbranched alkanes of at least 4 members (excludes halogenated alkanes) is 1. The number of nitrogens with two attached hydrogens (primary N) is 2. The Labute approximate surface area is 130 Å². The number of esters is 1. The Bertz CT molecular complexity index is 382. The fraction of sp³-hybridized carbons (Fsp3) is 0.857. The summed E-state index contributed by atoms with van der Waals surface area (Å²) < 4.78 is 4.97. The minimum Gasteiger partial charge on any atom is -0.457 e. The molecule has 0 saturated heterocycles. The third kappa shape index (κ3) is 5.62. The lowest BCUT2D eigenvalue weighted by atomic mass is 9.86. The number of hydrogen-bond acceptors (Lipinski definition) is 8. The molecular weight excluding hydrogens is 292 g/mol. The molecule has 0 aliphatic carbocycles. The Morgan fingerprint density at radius 1 is 1.23 bits per heavy atom. The third-order valence-corrected chi connectivity index (χ3v) is 3.05. The largest absolute Gasteiger partial charge is 0.457 e. The molecule has 0 aliphatic rings. The van der Waals surface area contributed by atoms with Crippen LogP contribution in [0.3, 0.4) is 0 Å². The van der Waals surface area contributed by atoms with Crippen LogP contribution in [0.5, 0.6) is 0 Å². The van der Waals surface area contributed by atoms with Gasteiger partial charge in [-0.25, -0.2) is 4.79 Å². The van der Waals surface area contributed by atoms with Gasteiger partial charge in [-0.2, -0.15) is 0 Å². The van der Waals surface area contributed by atoms with Gasteiger partial charge in [-0.15, -0.1) is 0 Å². The first-order valence-electron chi connectivity index (χ1n) is 7.25. The van der Waals surface area contributed by atoms with Gasteiger partial charge >= 0.3 is 5.97 Å². The van der Waals surface area contributed by atoms with E-state index in [0.717, 1.165) is 0 Å². The summed E-state index contributed by atoms with van der Waals surface area (Å²) in [4.78, 5) is 24.4. The zero-order valence-corrected chi connectivity index (χ0v) is 13.4. The zero-order valence-electron chi connectivity index (χ0n) is 13.4. The number of Topliss-reactive ketones (excluding diaryl/α,β-unsaturated/α-hetero) is 1. The first-order valence-corrected chi connectivity index (χ1v) is 7.25. The van der Waals surface area contributed by atoms with E-state index in [2.05, 4.69) is 0 Å². The predicted octanol–water partition coefficient (Wildman–Crippen LogP) is -1.56. The average molecular weight is 320 g/mol. The fourth-order valence-electron chi connectivity index (χ4n) is 1.81. The van der Waals surface area contributed by atoms with Gasteiger partial charge in [0.1, 0.15) is 11.7 Å². The molecule has 2 unspecified atom stereocenters. The zero-order chi connectivity index (χ0) is 17.6. The van der Waals surface area contributed by atoms with Crippen LogP contribution in [0.25, 0.3) is 0 Å². The van der Waals surface area contributed by atoms with Gasteiger partial charge in [0.2, 0.25) is 0 Å². The van der Waals surface area contributed by atoms with Gasteiger partial charge < -0.3 is 31.5 Å². The highest BCUT2D eigenvalue weighted by Crippen LogP contribution is 2.21. The number of ketones is 1. The molecule has 0 aromatic heterocycles. The van der Waals surface area contributed by atoms with E-state index >= 15 is 0 Å². The van der Waals surface area contributed by atoms with Crippen LogP contribution in [0, 0.1) is 0 Å². The maximum Gasteiger partial charge on any atom is 0.349 e. The topological polar surface area (TPSA) is 156 Å². The molecule has 0 aromatic carbocycles. The molecule has 130 valence electrons. The van der Waals surface area contributed by atoms with Gasteiger partial charge in [0.25, 0.3) is 5.60 Å². The molecule has 0 fully saturated rings. The molecule has 22 heavy (non-hydrogen) atoms. The summed E-state index contributed by atoms with van der Waals surface area (Å²) in [5.41, 5.74) is 7.15. The second-order valence-electron chi connectivity index (χ2n) is 6.22. The van der Waals surface area contributed by atoms with Crippen molar-refractivity contribution in [2.24, 2.45) is 11.5 Å². The summed E-state index contributed by atoms with van der Waals surface area (Å²) in [5, 5.41) is 29.1. The molecule has 3 atom stereocenters. The predicted molar refractivity (Wildman–Crippen MR) is 79.8 cm³/mol. The highest BCUT2D eigenvalue weighted by atomic mass is 16.6.